The first-order chi connectivity index (χ1) is 4.33. The third-order valence-corrected chi connectivity index (χ3v) is 1.51. The highest BCUT2D eigenvalue weighted by atomic mass is 16.7. The summed E-state index contributed by atoms with van der Waals surface area (Å²) in [5.41, 5.74) is 0. The van der Waals surface area contributed by atoms with Gasteiger partial charge in [0.1, 0.15) is 0 Å². The summed E-state index contributed by atoms with van der Waals surface area (Å²) in [5, 5.41) is 0. The molecule has 2 atom stereocenters. The van der Waals surface area contributed by atoms with Crippen molar-refractivity contribution in [2.75, 3.05) is 13.2 Å². The highest BCUT2D eigenvalue weighted by Gasteiger charge is 2.21. The van der Waals surface area contributed by atoms with Crippen LogP contribution in [-0.4, -0.2) is 19.5 Å². The van der Waals surface area contributed by atoms with E-state index in [2.05, 4.69) is 6.92 Å². The van der Waals surface area contributed by atoms with Crippen LogP contribution < -0.4 is 0 Å². The second-order valence-electron chi connectivity index (χ2n) is 2.56. The van der Waals surface area contributed by atoms with E-state index < -0.39 is 0 Å². The van der Waals surface area contributed by atoms with Gasteiger partial charge in [-0.1, -0.05) is 6.92 Å². The molecule has 0 bridgehead atoms. The lowest BCUT2D eigenvalue weighted by Gasteiger charge is -2.07. The molecule has 1 saturated heterocycles. The van der Waals surface area contributed by atoms with E-state index in [0.29, 0.717) is 5.92 Å². The SMILES string of the molecule is CCO[C@H]1C[C@H](C)CO1. The summed E-state index contributed by atoms with van der Waals surface area (Å²) in [6.07, 6.45) is 1.15. The minimum absolute atomic E-state index is 0.0880. The normalized spacial score (nSPS) is 35.3. The van der Waals surface area contributed by atoms with Gasteiger partial charge in [-0.25, -0.2) is 0 Å². The summed E-state index contributed by atoms with van der Waals surface area (Å²) in [6.45, 7) is 5.80. The van der Waals surface area contributed by atoms with Gasteiger partial charge in [0.15, 0.2) is 6.29 Å². The third-order valence-electron chi connectivity index (χ3n) is 1.51. The maximum absolute atomic E-state index is 5.28. The summed E-state index contributed by atoms with van der Waals surface area (Å²) in [7, 11) is 0. The van der Waals surface area contributed by atoms with Crippen LogP contribution >= 0.6 is 0 Å². The Labute approximate surface area is 56.2 Å². The van der Waals surface area contributed by atoms with Gasteiger partial charge < -0.3 is 9.47 Å². The molecule has 9 heavy (non-hydrogen) atoms. The minimum atomic E-state index is 0.0880. The quantitative estimate of drug-likeness (QED) is 0.562. The third kappa shape index (κ3) is 1.95. The Morgan fingerprint density at radius 1 is 1.67 bits per heavy atom. The standard InChI is InChI=1S/C7H14O2/c1-3-8-7-4-6(2)5-9-7/h6-7H,3-5H2,1-2H3/t6-,7+/m0/s1. The van der Waals surface area contributed by atoms with Gasteiger partial charge in [0, 0.05) is 13.0 Å². The summed E-state index contributed by atoms with van der Waals surface area (Å²) in [5.74, 6) is 0.682. The molecule has 1 fully saturated rings. The van der Waals surface area contributed by atoms with Crippen LogP contribution in [0.5, 0.6) is 0 Å². The molecule has 0 spiro atoms. The van der Waals surface area contributed by atoms with Crippen molar-refractivity contribution in [2.45, 2.75) is 26.6 Å². The van der Waals surface area contributed by atoms with Crippen molar-refractivity contribution in [3.8, 4) is 0 Å². The summed E-state index contributed by atoms with van der Waals surface area (Å²) in [4.78, 5) is 0. The maximum Gasteiger partial charge on any atom is 0.157 e. The highest BCUT2D eigenvalue weighted by molar-refractivity contribution is 4.62. The predicted molar refractivity (Wildman–Crippen MR) is 35.1 cm³/mol. The van der Waals surface area contributed by atoms with Crippen molar-refractivity contribution in [1.29, 1.82) is 0 Å². The smallest absolute Gasteiger partial charge is 0.157 e. The van der Waals surface area contributed by atoms with Gasteiger partial charge in [-0.3, -0.25) is 0 Å². The molecule has 0 radical (unpaired) electrons. The molecule has 1 rings (SSSR count). The Morgan fingerprint density at radius 2 is 2.44 bits per heavy atom. The molecule has 54 valence electrons. The number of hydrogen-bond acceptors (Lipinski definition) is 2. The Bertz CT molecular complexity index is 81.0. The van der Waals surface area contributed by atoms with E-state index in [1.807, 2.05) is 6.92 Å². The molecular formula is C7H14O2. The van der Waals surface area contributed by atoms with Gasteiger partial charge in [-0.05, 0) is 12.8 Å². The molecule has 0 N–H and O–H groups in total. The van der Waals surface area contributed by atoms with Crippen LogP contribution in [0.1, 0.15) is 20.3 Å². The summed E-state index contributed by atoms with van der Waals surface area (Å²) < 4.78 is 10.5. The average molecular weight is 130 g/mol. The van der Waals surface area contributed by atoms with Gasteiger partial charge in [0.05, 0.1) is 6.61 Å². The zero-order valence-corrected chi connectivity index (χ0v) is 6.09. The Kier molecular flexibility index (Phi) is 2.49. The molecule has 1 aliphatic rings. The van der Waals surface area contributed by atoms with Crippen LogP contribution in [0, 0.1) is 5.92 Å². The topological polar surface area (TPSA) is 18.5 Å². The number of hydrogen-bond donors (Lipinski definition) is 0. The fraction of sp³-hybridized carbons (Fsp3) is 1.00. The van der Waals surface area contributed by atoms with Gasteiger partial charge in [0.25, 0.3) is 0 Å². The van der Waals surface area contributed by atoms with Crippen molar-refractivity contribution >= 4 is 0 Å². The molecule has 0 aromatic carbocycles. The van der Waals surface area contributed by atoms with Crippen LogP contribution in [0.15, 0.2) is 0 Å². The number of rotatable bonds is 2. The first kappa shape index (κ1) is 7.03. The molecule has 1 heterocycles. The predicted octanol–water partition coefficient (Wildman–Crippen LogP) is 1.41. The van der Waals surface area contributed by atoms with Crippen LogP contribution in [0.4, 0.5) is 0 Å². The van der Waals surface area contributed by atoms with E-state index in [1.165, 1.54) is 0 Å². The fourth-order valence-corrected chi connectivity index (χ4v) is 1.04. The summed E-state index contributed by atoms with van der Waals surface area (Å²) >= 11 is 0. The monoisotopic (exact) mass is 130 g/mol. The molecule has 2 heteroatoms. The van der Waals surface area contributed by atoms with E-state index in [9.17, 15) is 0 Å². The molecule has 2 nitrogen and oxygen atoms in total. The second kappa shape index (κ2) is 3.18. The fourth-order valence-electron chi connectivity index (χ4n) is 1.04. The van der Waals surface area contributed by atoms with Crippen molar-refractivity contribution < 1.29 is 9.47 Å². The van der Waals surface area contributed by atoms with Crippen molar-refractivity contribution in [3.05, 3.63) is 0 Å². The van der Waals surface area contributed by atoms with E-state index in [-0.39, 0.29) is 6.29 Å². The first-order valence-electron chi connectivity index (χ1n) is 3.56. The lowest BCUT2D eigenvalue weighted by molar-refractivity contribution is -0.106. The van der Waals surface area contributed by atoms with Crippen molar-refractivity contribution in [3.63, 3.8) is 0 Å². The van der Waals surface area contributed by atoms with E-state index in [0.717, 1.165) is 19.6 Å². The highest BCUT2D eigenvalue weighted by Crippen LogP contribution is 2.18. The molecule has 0 unspecified atom stereocenters. The average Bonchev–Trinajstić information content (AvgIpc) is 2.17. The first-order valence-corrected chi connectivity index (χ1v) is 3.56. The van der Waals surface area contributed by atoms with Crippen molar-refractivity contribution in [1.82, 2.24) is 0 Å². The largest absolute Gasteiger partial charge is 0.353 e. The Morgan fingerprint density at radius 3 is 2.89 bits per heavy atom. The van der Waals surface area contributed by atoms with Crippen LogP contribution in [0.3, 0.4) is 0 Å². The zero-order chi connectivity index (χ0) is 6.69. The molecular weight excluding hydrogens is 116 g/mol. The van der Waals surface area contributed by atoms with Gasteiger partial charge in [-0.15, -0.1) is 0 Å². The van der Waals surface area contributed by atoms with E-state index >= 15 is 0 Å². The van der Waals surface area contributed by atoms with E-state index in [1.54, 1.807) is 0 Å². The van der Waals surface area contributed by atoms with Crippen molar-refractivity contribution in [2.24, 2.45) is 5.92 Å². The minimum Gasteiger partial charge on any atom is -0.353 e. The molecule has 0 aromatic heterocycles. The van der Waals surface area contributed by atoms with Crippen LogP contribution in [-0.2, 0) is 9.47 Å². The molecule has 0 amide bonds. The second-order valence-corrected chi connectivity index (χ2v) is 2.56. The van der Waals surface area contributed by atoms with Crippen LogP contribution in [0.25, 0.3) is 0 Å². The maximum atomic E-state index is 5.28. The zero-order valence-electron chi connectivity index (χ0n) is 6.09. The Hall–Kier alpha value is -0.0800. The van der Waals surface area contributed by atoms with Crippen LogP contribution in [0.2, 0.25) is 0 Å². The summed E-state index contributed by atoms with van der Waals surface area (Å²) in [6, 6.07) is 0. The van der Waals surface area contributed by atoms with Gasteiger partial charge in [-0.2, -0.15) is 0 Å². The van der Waals surface area contributed by atoms with Gasteiger partial charge >= 0.3 is 0 Å². The lowest BCUT2D eigenvalue weighted by Crippen LogP contribution is -2.09. The lowest BCUT2D eigenvalue weighted by atomic mass is 10.1. The van der Waals surface area contributed by atoms with E-state index in [4.69, 9.17) is 9.47 Å². The molecule has 0 aromatic rings. The Balaban J connectivity index is 2.14. The van der Waals surface area contributed by atoms with Gasteiger partial charge in [0.2, 0.25) is 0 Å². The number of ether oxygens (including phenoxy) is 2. The molecule has 0 aliphatic carbocycles. The molecule has 1 aliphatic heterocycles. The molecule has 0 saturated carbocycles.